The quantitative estimate of drug-likeness (QED) is 0.462. The number of rotatable bonds is 0. The Balaban J connectivity index is -0.000000125. The van der Waals surface area contributed by atoms with Gasteiger partial charge in [0.1, 0.15) is 0 Å². The molecule has 4 nitrogen and oxygen atoms in total. The summed E-state index contributed by atoms with van der Waals surface area (Å²) in [5.74, 6) is -3.65. The number of hydrogen-bond donors (Lipinski definition) is 2. The van der Waals surface area contributed by atoms with E-state index >= 15 is 0 Å². The van der Waals surface area contributed by atoms with E-state index in [0.29, 0.717) is 0 Å². The van der Waals surface area contributed by atoms with Gasteiger partial charge in [-0.25, -0.2) is 9.59 Å². The zero-order valence-electron chi connectivity index (χ0n) is 3.53. The molecule has 2 N–H and O–H groups in total. The van der Waals surface area contributed by atoms with E-state index in [0.717, 1.165) is 0 Å². The molecule has 0 saturated heterocycles. The Hall–Kier alpha value is -0.840. The van der Waals surface area contributed by atoms with Crippen LogP contribution in [0.5, 0.6) is 0 Å². The van der Waals surface area contributed by atoms with E-state index in [1.165, 1.54) is 0 Å². The summed E-state index contributed by atoms with van der Waals surface area (Å²) in [6.45, 7) is 0. The third-order valence-electron chi connectivity index (χ3n) is 0.183. The van der Waals surface area contributed by atoms with Crippen LogP contribution in [0.4, 0.5) is 4.70 Å². The number of carboxylic acids is 2. The van der Waals surface area contributed by atoms with Crippen LogP contribution in [-0.2, 0) is 9.59 Å². The summed E-state index contributed by atoms with van der Waals surface area (Å²) in [7, 11) is 0. The van der Waals surface area contributed by atoms with Gasteiger partial charge >= 0.3 is 11.9 Å². The average molecular weight is 147 g/mol. The first-order valence-corrected chi connectivity index (χ1v) is 1.11. The smallest absolute Gasteiger partial charge is 0.414 e. The van der Waals surface area contributed by atoms with Crippen molar-refractivity contribution in [2.24, 2.45) is 0 Å². The minimum Gasteiger partial charge on any atom is -0.473 e. The van der Waals surface area contributed by atoms with E-state index in [1.54, 1.807) is 0 Å². The Bertz CT molecular complexity index is 80.0. The molecule has 0 fully saturated rings. The van der Waals surface area contributed by atoms with Crippen LogP contribution in [-0.4, -0.2) is 22.2 Å². The van der Waals surface area contributed by atoms with Gasteiger partial charge in [-0.05, 0) is 0 Å². The summed E-state index contributed by atoms with van der Waals surface area (Å²) >= 11 is 0. The third-order valence-corrected chi connectivity index (χ3v) is 0.183. The molecule has 0 aliphatic heterocycles. The highest BCUT2D eigenvalue weighted by Gasteiger charge is 2.04. The summed E-state index contributed by atoms with van der Waals surface area (Å²) in [5, 5.41) is 14.8. The van der Waals surface area contributed by atoms with E-state index in [1.807, 2.05) is 0 Å². The molecule has 0 aromatic rings. The lowest BCUT2D eigenvalue weighted by atomic mass is 10.7. The van der Waals surface area contributed by atoms with Crippen LogP contribution < -0.4 is 0 Å². The van der Waals surface area contributed by atoms with Crippen molar-refractivity contribution < 1.29 is 24.5 Å². The van der Waals surface area contributed by atoms with Crippen molar-refractivity contribution in [1.82, 2.24) is 0 Å². The molecular formula is C2H4ClFO4. The van der Waals surface area contributed by atoms with Crippen LogP contribution in [0.3, 0.4) is 0 Å². The molecule has 0 saturated carbocycles. The molecule has 0 amide bonds. The number of carbonyl (C=O) groups is 2. The Morgan fingerprint density at radius 1 is 1.00 bits per heavy atom. The van der Waals surface area contributed by atoms with Crippen molar-refractivity contribution in [2.75, 3.05) is 0 Å². The minimum atomic E-state index is -1.82. The number of aliphatic carboxylic acids is 2. The van der Waals surface area contributed by atoms with Gasteiger partial charge in [0.2, 0.25) is 0 Å². The van der Waals surface area contributed by atoms with Gasteiger partial charge in [0, 0.05) is 0 Å². The van der Waals surface area contributed by atoms with Crippen LogP contribution in [0.25, 0.3) is 0 Å². The van der Waals surface area contributed by atoms with Crippen molar-refractivity contribution in [1.29, 1.82) is 0 Å². The van der Waals surface area contributed by atoms with E-state index < -0.39 is 11.9 Å². The van der Waals surface area contributed by atoms with Crippen LogP contribution in [0, 0.1) is 0 Å². The largest absolute Gasteiger partial charge is 0.473 e. The lowest BCUT2D eigenvalue weighted by Gasteiger charge is -1.72. The van der Waals surface area contributed by atoms with Gasteiger partial charge in [0.05, 0.1) is 0 Å². The monoisotopic (exact) mass is 146 g/mol. The molecule has 0 atom stereocenters. The Kier molecular flexibility index (Phi) is 12.1. The highest BCUT2D eigenvalue weighted by Crippen LogP contribution is 1.56. The number of carboxylic acid groups (broad SMARTS) is 2. The molecule has 6 heteroatoms. The van der Waals surface area contributed by atoms with Crippen LogP contribution in [0.2, 0.25) is 0 Å². The summed E-state index contributed by atoms with van der Waals surface area (Å²) < 4.78 is 0. The fraction of sp³-hybridized carbons (Fsp3) is 0. The summed E-state index contributed by atoms with van der Waals surface area (Å²) in [6, 6.07) is 0. The van der Waals surface area contributed by atoms with Crippen molar-refractivity contribution in [3.05, 3.63) is 0 Å². The maximum atomic E-state index is 9.10. The fourth-order valence-electron chi connectivity index (χ4n) is 0. The third kappa shape index (κ3) is 8.94. The Labute approximate surface area is 49.9 Å². The first kappa shape index (κ1) is 15.7. The first-order chi connectivity index (χ1) is 2.64. The predicted molar refractivity (Wildman–Crippen MR) is 25.0 cm³/mol. The molecule has 0 aromatic heterocycles. The number of hydrogen-bond acceptors (Lipinski definition) is 2. The lowest BCUT2D eigenvalue weighted by molar-refractivity contribution is -0.159. The molecule has 0 radical (unpaired) electrons. The zero-order valence-corrected chi connectivity index (χ0v) is 4.34. The molecule has 0 spiro atoms. The van der Waals surface area contributed by atoms with Gasteiger partial charge in [0.25, 0.3) is 0 Å². The molecule has 0 rings (SSSR count). The lowest BCUT2D eigenvalue weighted by Crippen LogP contribution is -2.09. The van der Waals surface area contributed by atoms with Gasteiger partial charge in [0.15, 0.2) is 0 Å². The second-order valence-electron chi connectivity index (χ2n) is 0.610. The fourth-order valence-corrected chi connectivity index (χ4v) is 0. The normalized spacial score (nSPS) is 5.50. The molecule has 0 heterocycles. The molecule has 0 bridgehead atoms. The molecule has 50 valence electrons. The molecule has 0 aliphatic carbocycles. The molecule has 8 heavy (non-hydrogen) atoms. The zero-order chi connectivity index (χ0) is 5.15. The van der Waals surface area contributed by atoms with E-state index in [4.69, 9.17) is 19.8 Å². The number of halogens is 2. The molecule has 0 aromatic carbocycles. The van der Waals surface area contributed by atoms with Crippen molar-refractivity contribution in [2.45, 2.75) is 0 Å². The minimum absolute atomic E-state index is 0. The second-order valence-corrected chi connectivity index (χ2v) is 0.610. The molecular weight excluding hydrogens is 142 g/mol. The topological polar surface area (TPSA) is 74.6 Å². The Morgan fingerprint density at radius 3 is 1.12 bits per heavy atom. The molecule has 0 unspecified atom stereocenters. The summed E-state index contributed by atoms with van der Waals surface area (Å²) in [4.78, 5) is 18.2. The van der Waals surface area contributed by atoms with Crippen LogP contribution in [0.15, 0.2) is 0 Å². The molecule has 0 aliphatic rings. The standard InChI is InChI=1S/C2H2O4.ClH.FH/c3-1(4)2(5)6;;/h(H,3,4)(H,5,6);2*1H. The van der Waals surface area contributed by atoms with Crippen LogP contribution >= 0.6 is 12.4 Å². The SMILES string of the molecule is Cl.F.O=C(O)C(=O)O. The summed E-state index contributed by atoms with van der Waals surface area (Å²) in [6.07, 6.45) is 0. The van der Waals surface area contributed by atoms with E-state index in [-0.39, 0.29) is 17.1 Å². The van der Waals surface area contributed by atoms with Gasteiger partial charge in [-0.2, -0.15) is 0 Å². The maximum Gasteiger partial charge on any atom is 0.414 e. The predicted octanol–water partition coefficient (Wildman–Crippen LogP) is -0.270. The summed E-state index contributed by atoms with van der Waals surface area (Å²) in [5.41, 5.74) is 0. The van der Waals surface area contributed by atoms with E-state index in [2.05, 4.69) is 0 Å². The van der Waals surface area contributed by atoms with Gasteiger partial charge < -0.3 is 10.2 Å². The van der Waals surface area contributed by atoms with Gasteiger partial charge in [-0.3, -0.25) is 4.70 Å². The van der Waals surface area contributed by atoms with Crippen molar-refractivity contribution >= 4 is 24.3 Å². The highest BCUT2D eigenvalue weighted by molar-refractivity contribution is 6.27. The van der Waals surface area contributed by atoms with Crippen molar-refractivity contribution in [3.8, 4) is 0 Å². The Morgan fingerprint density at radius 2 is 1.12 bits per heavy atom. The van der Waals surface area contributed by atoms with E-state index in [9.17, 15) is 0 Å². The van der Waals surface area contributed by atoms with Gasteiger partial charge in [-0.1, -0.05) is 0 Å². The van der Waals surface area contributed by atoms with Crippen molar-refractivity contribution in [3.63, 3.8) is 0 Å². The van der Waals surface area contributed by atoms with Gasteiger partial charge in [-0.15, -0.1) is 12.4 Å². The highest BCUT2D eigenvalue weighted by atomic mass is 35.5. The second kappa shape index (κ2) is 6.16. The van der Waals surface area contributed by atoms with Crippen LogP contribution in [0.1, 0.15) is 0 Å². The maximum absolute atomic E-state index is 9.10. The average Bonchev–Trinajstić information content (AvgIpc) is 1.36. The first-order valence-electron chi connectivity index (χ1n) is 1.11.